The number of aromatic nitrogens is 1. The lowest BCUT2D eigenvalue weighted by molar-refractivity contribution is 0.0784. The number of carbonyl (C=O) groups is 1. The van der Waals surface area contributed by atoms with Gasteiger partial charge in [-0.3, -0.25) is 4.79 Å². The second kappa shape index (κ2) is 6.83. The molecule has 0 fully saturated rings. The highest BCUT2D eigenvalue weighted by atomic mass is 35.5. The van der Waals surface area contributed by atoms with E-state index in [0.717, 1.165) is 0 Å². The SMILES string of the molecule is C[C@H]1c2c(cc(-c3ccc(Cl)cc3F)nc2-c2ccc(Cl)cc2F)C(=O)N1C. The first kappa shape index (κ1) is 18.8. The number of nitrogens with zero attached hydrogens (tertiary/aromatic N) is 2. The van der Waals surface area contributed by atoms with Gasteiger partial charge in [0.2, 0.25) is 0 Å². The molecule has 28 heavy (non-hydrogen) atoms. The summed E-state index contributed by atoms with van der Waals surface area (Å²) < 4.78 is 29.2. The Morgan fingerprint density at radius 2 is 1.50 bits per heavy atom. The monoisotopic (exact) mass is 418 g/mol. The Kier molecular flexibility index (Phi) is 4.60. The molecule has 1 atom stereocenters. The van der Waals surface area contributed by atoms with E-state index >= 15 is 0 Å². The normalized spacial score (nSPS) is 15.9. The third-order valence-electron chi connectivity index (χ3n) is 5.00. The third-order valence-corrected chi connectivity index (χ3v) is 5.47. The Bertz CT molecular complexity index is 1130. The zero-order valence-corrected chi connectivity index (χ0v) is 16.4. The minimum atomic E-state index is -0.575. The average molecular weight is 419 g/mol. The Balaban J connectivity index is 2.03. The van der Waals surface area contributed by atoms with Gasteiger partial charge in [-0.25, -0.2) is 13.8 Å². The number of benzene rings is 2. The van der Waals surface area contributed by atoms with Crippen LogP contribution in [0.15, 0.2) is 42.5 Å². The van der Waals surface area contributed by atoms with Gasteiger partial charge in [0, 0.05) is 39.3 Å². The minimum absolute atomic E-state index is 0.179. The molecule has 0 radical (unpaired) electrons. The van der Waals surface area contributed by atoms with Crippen molar-refractivity contribution in [1.82, 2.24) is 9.88 Å². The summed E-state index contributed by atoms with van der Waals surface area (Å²) in [6.45, 7) is 1.84. The predicted octanol–water partition coefficient (Wildman–Crippen LogP) is 6.15. The van der Waals surface area contributed by atoms with E-state index in [9.17, 15) is 13.6 Å². The van der Waals surface area contributed by atoms with E-state index in [0.29, 0.717) is 16.8 Å². The molecule has 0 aliphatic carbocycles. The van der Waals surface area contributed by atoms with Gasteiger partial charge in [0.05, 0.1) is 17.4 Å². The number of hydrogen-bond donors (Lipinski definition) is 0. The van der Waals surface area contributed by atoms with E-state index < -0.39 is 11.6 Å². The summed E-state index contributed by atoms with van der Waals surface area (Å²) in [6.07, 6.45) is 0. The van der Waals surface area contributed by atoms with Crippen LogP contribution in [-0.4, -0.2) is 22.8 Å². The van der Waals surface area contributed by atoms with Gasteiger partial charge in [0.25, 0.3) is 5.91 Å². The van der Waals surface area contributed by atoms with Crippen LogP contribution in [0.1, 0.15) is 28.9 Å². The van der Waals surface area contributed by atoms with Crippen LogP contribution in [0.2, 0.25) is 10.0 Å². The van der Waals surface area contributed by atoms with Crippen molar-refractivity contribution < 1.29 is 13.6 Å². The smallest absolute Gasteiger partial charge is 0.254 e. The van der Waals surface area contributed by atoms with E-state index in [2.05, 4.69) is 4.98 Å². The summed E-state index contributed by atoms with van der Waals surface area (Å²) in [4.78, 5) is 18.8. The summed E-state index contributed by atoms with van der Waals surface area (Å²) in [6, 6.07) is 9.68. The van der Waals surface area contributed by atoms with Crippen molar-refractivity contribution in [2.45, 2.75) is 13.0 Å². The lowest BCUT2D eigenvalue weighted by Gasteiger charge is -2.17. The Morgan fingerprint density at radius 1 is 0.929 bits per heavy atom. The van der Waals surface area contributed by atoms with Gasteiger partial charge >= 0.3 is 0 Å². The number of pyridine rings is 1. The molecule has 3 nitrogen and oxygen atoms in total. The molecule has 4 rings (SSSR count). The first-order chi connectivity index (χ1) is 13.3. The molecule has 0 N–H and O–H groups in total. The fourth-order valence-electron chi connectivity index (χ4n) is 3.44. The molecule has 2 aromatic carbocycles. The van der Waals surface area contributed by atoms with E-state index in [1.165, 1.54) is 30.3 Å². The summed E-state index contributed by atoms with van der Waals surface area (Å²) >= 11 is 11.7. The second-order valence-electron chi connectivity index (χ2n) is 6.66. The first-order valence-electron chi connectivity index (χ1n) is 8.51. The van der Waals surface area contributed by atoms with Crippen LogP contribution in [0, 0.1) is 11.6 Å². The van der Waals surface area contributed by atoms with Gasteiger partial charge in [-0.2, -0.15) is 0 Å². The van der Waals surface area contributed by atoms with Crippen molar-refractivity contribution in [1.29, 1.82) is 0 Å². The zero-order chi connectivity index (χ0) is 20.2. The Morgan fingerprint density at radius 3 is 2.07 bits per heavy atom. The van der Waals surface area contributed by atoms with Crippen molar-refractivity contribution in [2.75, 3.05) is 7.05 Å². The highest BCUT2D eigenvalue weighted by Crippen LogP contribution is 2.41. The number of hydrogen-bond acceptors (Lipinski definition) is 2. The molecule has 1 aliphatic rings. The van der Waals surface area contributed by atoms with Crippen LogP contribution in [0.25, 0.3) is 22.5 Å². The summed E-state index contributed by atoms with van der Waals surface area (Å²) in [5, 5.41) is 0.495. The van der Waals surface area contributed by atoms with E-state index in [4.69, 9.17) is 23.2 Å². The van der Waals surface area contributed by atoms with Crippen molar-refractivity contribution in [3.63, 3.8) is 0 Å². The largest absolute Gasteiger partial charge is 0.335 e. The second-order valence-corrected chi connectivity index (χ2v) is 7.53. The molecule has 2 heterocycles. The average Bonchev–Trinajstić information content (AvgIpc) is 2.86. The maximum absolute atomic E-state index is 14.7. The Hall–Kier alpha value is -2.50. The molecule has 0 spiro atoms. The fraction of sp³-hybridized carbons (Fsp3) is 0.143. The van der Waals surface area contributed by atoms with Crippen LogP contribution in [0.5, 0.6) is 0 Å². The highest BCUT2D eigenvalue weighted by molar-refractivity contribution is 6.31. The maximum atomic E-state index is 14.7. The molecule has 0 saturated heterocycles. The van der Waals surface area contributed by atoms with Crippen LogP contribution in [0.4, 0.5) is 8.78 Å². The third kappa shape index (κ3) is 2.95. The van der Waals surface area contributed by atoms with E-state index in [1.54, 1.807) is 24.1 Å². The van der Waals surface area contributed by atoms with E-state index in [-0.39, 0.29) is 38.8 Å². The summed E-state index contributed by atoms with van der Waals surface area (Å²) in [5.74, 6) is -1.37. The van der Waals surface area contributed by atoms with Gasteiger partial charge in [0.1, 0.15) is 11.6 Å². The van der Waals surface area contributed by atoms with E-state index in [1.807, 2.05) is 6.92 Å². The lowest BCUT2D eigenvalue weighted by atomic mass is 9.96. The molecular formula is C21H14Cl2F2N2O. The van der Waals surface area contributed by atoms with Crippen molar-refractivity contribution in [2.24, 2.45) is 0 Å². The van der Waals surface area contributed by atoms with Crippen molar-refractivity contribution in [3.05, 3.63) is 75.3 Å². The van der Waals surface area contributed by atoms with Crippen molar-refractivity contribution >= 4 is 29.1 Å². The molecule has 0 unspecified atom stereocenters. The van der Waals surface area contributed by atoms with Gasteiger partial charge in [-0.1, -0.05) is 23.2 Å². The molecular weight excluding hydrogens is 405 g/mol. The topological polar surface area (TPSA) is 33.2 Å². The minimum Gasteiger partial charge on any atom is -0.335 e. The predicted molar refractivity (Wildman–Crippen MR) is 106 cm³/mol. The lowest BCUT2D eigenvalue weighted by Crippen LogP contribution is -2.20. The van der Waals surface area contributed by atoms with Gasteiger partial charge < -0.3 is 4.90 Å². The fourth-order valence-corrected chi connectivity index (χ4v) is 3.75. The molecule has 7 heteroatoms. The molecule has 1 amide bonds. The van der Waals surface area contributed by atoms with Gasteiger partial charge in [-0.05, 0) is 49.4 Å². The quantitative estimate of drug-likeness (QED) is 0.500. The number of fused-ring (bicyclic) bond motifs is 1. The zero-order valence-electron chi connectivity index (χ0n) is 14.9. The molecule has 3 aromatic rings. The molecule has 0 saturated carbocycles. The summed E-state index contributed by atoms with van der Waals surface area (Å²) in [7, 11) is 1.66. The maximum Gasteiger partial charge on any atom is 0.254 e. The standard InChI is InChI=1S/C21H14Cl2F2N2O/c1-10-19-15(21(28)27(10)2)9-18(13-5-3-11(22)7-16(13)24)26-20(19)14-6-4-12(23)8-17(14)25/h3-10H,1-2H3/t10-/m0/s1. The highest BCUT2D eigenvalue weighted by Gasteiger charge is 2.36. The van der Waals surface area contributed by atoms with Crippen LogP contribution < -0.4 is 0 Å². The van der Waals surface area contributed by atoms with Crippen molar-refractivity contribution in [3.8, 4) is 22.5 Å². The molecule has 1 aliphatic heterocycles. The summed E-state index contributed by atoms with van der Waals surface area (Å²) in [5.41, 5.74) is 1.88. The number of halogens is 4. The van der Waals surface area contributed by atoms with Gasteiger partial charge in [0.15, 0.2) is 0 Å². The van der Waals surface area contributed by atoms with Crippen LogP contribution in [0.3, 0.4) is 0 Å². The number of rotatable bonds is 2. The Labute approximate surface area is 170 Å². The number of amides is 1. The van der Waals surface area contributed by atoms with Crippen LogP contribution >= 0.6 is 23.2 Å². The molecule has 1 aromatic heterocycles. The molecule has 142 valence electrons. The number of carbonyl (C=O) groups excluding carboxylic acids is 1. The van der Waals surface area contributed by atoms with Gasteiger partial charge in [-0.15, -0.1) is 0 Å². The molecule has 0 bridgehead atoms. The first-order valence-corrected chi connectivity index (χ1v) is 9.26. The van der Waals surface area contributed by atoms with Crippen LogP contribution in [-0.2, 0) is 0 Å².